The Balaban J connectivity index is 1.92. The lowest BCUT2D eigenvalue weighted by molar-refractivity contribution is -0.126. The van der Waals surface area contributed by atoms with Crippen LogP contribution in [-0.4, -0.2) is 23.5 Å². The van der Waals surface area contributed by atoms with E-state index in [0.29, 0.717) is 11.4 Å². The Labute approximate surface area is 128 Å². The summed E-state index contributed by atoms with van der Waals surface area (Å²) >= 11 is 0. The van der Waals surface area contributed by atoms with Crippen molar-refractivity contribution in [2.45, 2.75) is 37.6 Å². The molecule has 2 heterocycles. The van der Waals surface area contributed by atoms with Gasteiger partial charge in [0.15, 0.2) is 5.58 Å². The number of anilines is 1. The van der Waals surface area contributed by atoms with Gasteiger partial charge in [-0.15, -0.1) is 0 Å². The van der Waals surface area contributed by atoms with Crippen LogP contribution in [0.5, 0.6) is 0 Å². The van der Waals surface area contributed by atoms with Gasteiger partial charge in [-0.25, -0.2) is 4.98 Å². The molecule has 0 aromatic carbocycles. The van der Waals surface area contributed by atoms with E-state index in [0.717, 1.165) is 37.5 Å². The van der Waals surface area contributed by atoms with Crippen LogP contribution in [0.25, 0.3) is 11.0 Å². The summed E-state index contributed by atoms with van der Waals surface area (Å²) in [4.78, 5) is 16.7. The molecular formula is C16H18N4O2. The number of aromatic nitrogens is 1. The maximum atomic E-state index is 12.3. The van der Waals surface area contributed by atoms with E-state index >= 15 is 0 Å². The third-order valence-electron chi connectivity index (χ3n) is 4.25. The highest BCUT2D eigenvalue weighted by atomic mass is 16.3. The molecule has 1 fully saturated rings. The molecule has 0 bridgehead atoms. The largest absolute Gasteiger partial charge is 0.444 e. The van der Waals surface area contributed by atoms with Crippen molar-refractivity contribution in [3.05, 3.63) is 24.1 Å². The third-order valence-corrected chi connectivity index (χ3v) is 4.25. The van der Waals surface area contributed by atoms with Crippen molar-refractivity contribution in [1.82, 2.24) is 10.3 Å². The Morgan fingerprint density at radius 1 is 1.36 bits per heavy atom. The van der Waals surface area contributed by atoms with E-state index in [1.165, 1.54) is 0 Å². The molecule has 2 N–H and O–H groups in total. The zero-order chi connectivity index (χ0) is 15.6. The molecule has 1 aliphatic rings. The summed E-state index contributed by atoms with van der Waals surface area (Å²) in [5, 5.41) is 15.8. The van der Waals surface area contributed by atoms with E-state index in [9.17, 15) is 4.79 Å². The maximum Gasteiger partial charge on any atom is 0.245 e. The average Bonchev–Trinajstić information content (AvgIpc) is 2.97. The lowest BCUT2D eigenvalue weighted by atomic mass is 9.81. The van der Waals surface area contributed by atoms with Crippen molar-refractivity contribution in [2.75, 3.05) is 12.4 Å². The number of carbonyl (C=O) groups is 1. The molecule has 0 atom stereocenters. The number of amides is 1. The molecule has 0 aliphatic heterocycles. The molecule has 114 valence electrons. The van der Waals surface area contributed by atoms with Gasteiger partial charge >= 0.3 is 0 Å². The normalized spacial score (nSPS) is 16.9. The second kappa shape index (κ2) is 5.68. The summed E-state index contributed by atoms with van der Waals surface area (Å²) in [6.45, 7) is 0. The Bertz CT molecular complexity index is 738. The number of fused-ring (bicyclic) bond motifs is 1. The van der Waals surface area contributed by atoms with Crippen LogP contribution in [0.3, 0.4) is 0 Å². The van der Waals surface area contributed by atoms with Gasteiger partial charge in [-0.1, -0.05) is 19.3 Å². The summed E-state index contributed by atoms with van der Waals surface area (Å²) < 4.78 is 5.33. The van der Waals surface area contributed by atoms with Gasteiger partial charge in [0.1, 0.15) is 17.4 Å². The zero-order valence-electron chi connectivity index (χ0n) is 12.5. The molecule has 22 heavy (non-hydrogen) atoms. The molecule has 6 heteroatoms. The van der Waals surface area contributed by atoms with Crippen LogP contribution in [0, 0.1) is 11.3 Å². The molecule has 3 rings (SSSR count). The summed E-state index contributed by atoms with van der Waals surface area (Å²) in [6.07, 6.45) is 6.36. The van der Waals surface area contributed by atoms with Gasteiger partial charge in [0.25, 0.3) is 0 Å². The molecule has 6 nitrogen and oxygen atoms in total. The number of nitriles is 1. The Morgan fingerprint density at radius 3 is 2.82 bits per heavy atom. The predicted octanol–water partition coefficient (Wildman–Crippen LogP) is 2.56. The first-order valence-electron chi connectivity index (χ1n) is 7.47. The van der Waals surface area contributed by atoms with Crippen molar-refractivity contribution in [2.24, 2.45) is 0 Å². The molecule has 0 saturated heterocycles. The van der Waals surface area contributed by atoms with Crippen LogP contribution in [0.1, 0.15) is 37.9 Å². The molecule has 1 amide bonds. The molecule has 0 unspecified atom stereocenters. The number of carbonyl (C=O) groups excluding carboxylic acids is 1. The van der Waals surface area contributed by atoms with E-state index in [2.05, 4.69) is 15.6 Å². The second-order valence-electron chi connectivity index (χ2n) is 5.68. The highest BCUT2D eigenvalue weighted by Crippen LogP contribution is 2.32. The van der Waals surface area contributed by atoms with Crippen LogP contribution in [0.4, 0.5) is 5.82 Å². The van der Waals surface area contributed by atoms with Crippen molar-refractivity contribution in [3.8, 4) is 6.07 Å². The van der Waals surface area contributed by atoms with Crippen LogP contribution in [0.15, 0.2) is 22.7 Å². The molecule has 2 aromatic rings. The van der Waals surface area contributed by atoms with Gasteiger partial charge < -0.3 is 15.1 Å². The van der Waals surface area contributed by atoms with Gasteiger partial charge in [0.2, 0.25) is 11.7 Å². The van der Waals surface area contributed by atoms with Crippen LogP contribution < -0.4 is 10.6 Å². The summed E-state index contributed by atoms with van der Waals surface area (Å²) in [7, 11) is 1.66. The quantitative estimate of drug-likeness (QED) is 0.908. The van der Waals surface area contributed by atoms with Gasteiger partial charge in [-0.3, -0.25) is 4.79 Å². The lowest BCUT2D eigenvalue weighted by Gasteiger charge is -2.36. The highest BCUT2D eigenvalue weighted by Gasteiger charge is 2.39. The summed E-state index contributed by atoms with van der Waals surface area (Å²) in [5.41, 5.74) is -0.0325. The Hall–Kier alpha value is -2.55. The topological polar surface area (TPSA) is 91.0 Å². The minimum atomic E-state index is -0.602. The number of nitrogens with one attached hydrogen (secondary N) is 2. The number of rotatable bonds is 3. The predicted molar refractivity (Wildman–Crippen MR) is 82.2 cm³/mol. The fourth-order valence-corrected chi connectivity index (χ4v) is 3.12. The first kappa shape index (κ1) is 14.4. The summed E-state index contributed by atoms with van der Waals surface area (Å²) in [6, 6.07) is 5.47. The Morgan fingerprint density at radius 2 is 2.14 bits per heavy atom. The Kier molecular flexibility index (Phi) is 3.72. The van der Waals surface area contributed by atoms with E-state index in [4.69, 9.17) is 9.68 Å². The molecule has 1 saturated carbocycles. The van der Waals surface area contributed by atoms with Crippen molar-refractivity contribution >= 4 is 22.7 Å². The first-order chi connectivity index (χ1) is 10.7. The molecule has 1 aliphatic carbocycles. The standard InChI is InChI=1S/C16H18N4O2/c1-18-15(21)16(5-3-2-4-6-16)20-14-8-11-7-12(9-17)22-13(11)10-19-14/h7-8,10H,2-6H2,1H3,(H,18,21)(H,19,20). The minimum Gasteiger partial charge on any atom is -0.444 e. The van der Waals surface area contributed by atoms with Crippen molar-refractivity contribution in [1.29, 1.82) is 5.26 Å². The number of hydrogen-bond donors (Lipinski definition) is 2. The lowest BCUT2D eigenvalue weighted by Crippen LogP contribution is -2.53. The van der Waals surface area contributed by atoms with E-state index in [1.54, 1.807) is 19.3 Å². The molecular weight excluding hydrogens is 280 g/mol. The van der Waals surface area contributed by atoms with Gasteiger partial charge in [-0.2, -0.15) is 5.26 Å². The number of likely N-dealkylation sites (N-methyl/N-ethyl adjacent to an activating group) is 1. The SMILES string of the molecule is CNC(=O)C1(Nc2cc3cc(C#N)oc3cn2)CCCCC1. The fraction of sp³-hybridized carbons (Fsp3) is 0.438. The number of hydrogen-bond acceptors (Lipinski definition) is 5. The summed E-state index contributed by atoms with van der Waals surface area (Å²) in [5.74, 6) is 0.884. The van der Waals surface area contributed by atoms with Gasteiger partial charge in [-0.05, 0) is 18.9 Å². The van der Waals surface area contributed by atoms with Crippen LogP contribution in [-0.2, 0) is 4.79 Å². The van der Waals surface area contributed by atoms with E-state index < -0.39 is 5.54 Å². The highest BCUT2D eigenvalue weighted by molar-refractivity contribution is 5.90. The van der Waals surface area contributed by atoms with Gasteiger partial charge in [0, 0.05) is 18.5 Å². The number of pyridine rings is 1. The van der Waals surface area contributed by atoms with Crippen molar-refractivity contribution < 1.29 is 9.21 Å². The third kappa shape index (κ3) is 2.50. The molecule has 0 spiro atoms. The minimum absolute atomic E-state index is 0.000922. The second-order valence-corrected chi connectivity index (χ2v) is 5.68. The number of furan rings is 1. The number of nitrogens with zero attached hydrogens (tertiary/aromatic N) is 2. The maximum absolute atomic E-state index is 12.3. The van der Waals surface area contributed by atoms with Gasteiger partial charge in [0.05, 0.1) is 6.20 Å². The van der Waals surface area contributed by atoms with E-state index in [-0.39, 0.29) is 11.7 Å². The molecule has 0 radical (unpaired) electrons. The molecule has 2 aromatic heterocycles. The monoisotopic (exact) mass is 298 g/mol. The van der Waals surface area contributed by atoms with E-state index in [1.807, 2.05) is 12.1 Å². The average molecular weight is 298 g/mol. The van der Waals surface area contributed by atoms with Crippen LogP contribution >= 0.6 is 0 Å². The zero-order valence-corrected chi connectivity index (χ0v) is 12.5. The first-order valence-corrected chi connectivity index (χ1v) is 7.47. The van der Waals surface area contributed by atoms with Crippen LogP contribution in [0.2, 0.25) is 0 Å². The van der Waals surface area contributed by atoms with Crippen molar-refractivity contribution in [3.63, 3.8) is 0 Å². The smallest absolute Gasteiger partial charge is 0.245 e. The fourth-order valence-electron chi connectivity index (χ4n) is 3.12.